The van der Waals surface area contributed by atoms with E-state index < -0.39 is 5.60 Å². The Labute approximate surface area is 103 Å². The van der Waals surface area contributed by atoms with Gasteiger partial charge in [0.05, 0.1) is 11.7 Å². The lowest BCUT2D eigenvalue weighted by Crippen LogP contribution is -2.48. The minimum Gasteiger partial charge on any atom is -0.387 e. The van der Waals surface area contributed by atoms with Crippen molar-refractivity contribution >= 4 is 0 Å². The number of hydrogen-bond acceptors (Lipinski definition) is 3. The molecule has 1 N–H and O–H groups in total. The Morgan fingerprint density at radius 1 is 1.59 bits per heavy atom. The van der Waals surface area contributed by atoms with Crippen LogP contribution in [0.2, 0.25) is 0 Å². The zero-order chi connectivity index (χ0) is 12.3. The first kappa shape index (κ1) is 12.6. The summed E-state index contributed by atoms with van der Waals surface area (Å²) >= 11 is 0. The standard InChI is InChI=1S/C13H22N2O2/c1-3-15-9-8-14-12(15)10-13(16)7-5-4-6-11(13)17-2/h8-9,11,16H,3-7,10H2,1-2H3. The van der Waals surface area contributed by atoms with Crippen LogP contribution in [0.3, 0.4) is 0 Å². The number of methoxy groups -OCH3 is 1. The minimum atomic E-state index is -0.745. The van der Waals surface area contributed by atoms with E-state index in [1.54, 1.807) is 13.3 Å². The van der Waals surface area contributed by atoms with Crippen molar-refractivity contribution in [3.8, 4) is 0 Å². The Balaban J connectivity index is 2.14. The van der Waals surface area contributed by atoms with Gasteiger partial charge in [-0.3, -0.25) is 0 Å². The molecule has 1 aliphatic carbocycles. The van der Waals surface area contributed by atoms with E-state index in [1.165, 1.54) is 0 Å². The Hall–Kier alpha value is -0.870. The highest BCUT2D eigenvalue weighted by atomic mass is 16.5. The molecule has 2 unspecified atom stereocenters. The van der Waals surface area contributed by atoms with Crippen LogP contribution in [0.25, 0.3) is 0 Å². The molecular formula is C13H22N2O2. The van der Waals surface area contributed by atoms with Gasteiger partial charge in [0.15, 0.2) is 0 Å². The lowest BCUT2D eigenvalue weighted by Gasteiger charge is -2.38. The van der Waals surface area contributed by atoms with Gasteiger partial charge in [-0.15, -0.1) is 0 Å². The molecule has 0 aromatic carbocycles. The minimum absolute atomic E-state index is 0.0572. The molecule has 1 fully saturated rings. The number of aliphatic hydroxyl groups is 1. The van der Waals surface area contributed by atoms with E-state index in [1.807, 2.05) is 6.20 Å². The number of imidazole rings is 1. The Kier molecular flexibility index (Phi) is 3.84. The van der Waals surface area contributed by atoms with Gasteiger partial charge in [-0.2, -0.15) is 0 Å². The summed E-state index contributed by atoms with van der Waals surface area (Å²) in [6.45, 7) is 2.98. The fraction of sp³-hybridized carbons (Fsp3) is 0.769. The van der Waals surface area contributed by atoms with E-state index in [9.17, 15) is 5.11 Å². The largest absolute Gasteiger partial charge is 0.387 e. The second kappa shape index (κ2) is 5.19. The van der Waals surface area contributed by atoms with Gasteiger partial charge < -0.3 is 14.4 Å². The summed E-state index contributed by atoms with van der Waals surface area (Å²) in [6.07, 6.45) is 8.26. The van der Waals surface area contributed by atoms with Gasteiger partial charge in [0.2, 0.25) is 0 Å². The number of hydrogen-bond donors (Lipinski definition) is 1. The van der Waals surface area contributed by atoms with Crippen molar-refractivity contribution in [2.45, 2.75) is 57.3 Å². The molecule has 2 atom stereocenters. The maximum atomic E-state index is 10.7. The summed E-state index contributed by atoms with van der Waals surface area (Å²) in [4.78, 5) is 4.34. The van der Waals surface area contributed by atoms with Crippen molar-refractivity contribution in [2.75, 3.05) is 7.11 Å². The van der Waals surface area contributed by atoms with E-state index in [4.69, 9.17) is 4.74 Å². The molecule has 2 rings (SSSR count). The van der Waals surface area contributed by atoms with Crippen LogP contribution in [0.1, 0.15) is 38.4 Å². The van der Waals surface area contributed by atoms with Crippen molar-refractivity contribution < 1.29 is 9.84 Å². The third kappa shape index (κ3) is 2.53. The van der Waals surface area contributed by atoms with Crippen molar-refractivity contribution in [3.63, 3.8) is 0 Å². The molecule has 1 heterocycles. The second-order valence-electron chi connectivity index (χ2n) is 4.88. The van der Waals surface area contributed by atoms with E-state index in [2.05, 4.69) is 16.5 Å². The number of aryl methyl sites for hydroxylation is 1. The van der Waals surface area contributed by atoms with Gasteiger partial charge in [0.25, 0.3) is 0 Å². The normalized spacial score (nSPS) is 29.5. The number of ether oxygens (including phenoxy) is 1. The molecule has 0 radical (unpaired) electrons. The third-order valence-electron chi connectivity index (χ3n) is 3.82. The number of rotatable bonds is 4. The van der Waals surface area contributed by atoms with Crippen molar-refractivity contribution in [3.05, 3.63) is 18.2 Å². The summed E-state index contributed by atoms with van der Waals surface area (Å²) in [6, 6.07) is 0. The first-order valence-corrected chi connectivity index (χ1v) is 6.45. The summed E-state index contributed by atoms with van der Waals surface area (Å²) in [5, 5.41) is 10.7. The SMILES string of the molecule is CCn1ccnc1CC1(O)CCCCC1OC. The fourth-order valence-corrected chi connectivity index (χ4v) is 2.80. The monoisotopic (exact) mass is 238 g/mol. The molecule has 0 amide bonds. The van der Waals surface area contributed by atoms with Crippen LogP contribution in [0, 0.1) is 0 Å². The van der Waals surface area contributed by atoms with Crippen LogP contribution in [0.4, 0.5) is 0 Å². The second-order valence-corrected chi connectivity index (χ2v) is 4.88. The smallest absolute Gasteiger partial charge is 0.111 e. The van der Waals surface area contributed by atoms with E-state index in [0.717, 1.165) is 38.1 Å². The van der Waals surface area contributed by atoms with Crippen LogP contribution in [-0.2, 0) is 17.7 Å². The van der Waals surface area contributed by atoms with Crippen LogP contribution < -0.4 is 0 Å². The molecule has 1 aromatic heterocycles. The van der Waals surface area contributed by atoms with Crippen molar-refractivity contribution in [1.29, 1.82) is 0 Å². The van der Waals surface area contributed by atoms with Crippen molar-refractivity contribution in [2.24, 2.45) is 0 Å². The highest BCUT2D eigenvalue weighted by Gasteiger charge is 2.40. The first-order valence-electron chi connectivity index (χ1n) is 6.45. The van der Waals surface area contributed by atoms with Gasteiger partial charge >= 0.3 is 0 Å². The van der Waals surface area contributed by atoms with Gasteiger partial charge in [-0.1, -0.05) is 12.8 Å². The molecule has 0 saturated heterocycles. The Morgan fingerprint density at radius 3 is 3.12 bits per heavy atom. The average molecular weight is 238 g/mol. The molecule has 0 bridgehead atoms. The summed E-state index contributed by atoms with van der Waals surface area (Å²) in [5.41, 5.74) is -0.745. The molecule has 1 aliphatic rings. The highest BCUT2D eigenvalue weighted by molar-refractivity contribution is 5.03. The Bertz CT molecular complexity index is 364. The van der Waals surface area contributed by atoms with Gasteiger partial charge in [0, 0.05) is 32.5 Å². The Morgan fingerprint density at radius 2 is 2.41 bits per heavy atom. The summed E-state index contributed by atoms with van der Waals surface area (Å²) < 4.78 is 7.52. The molecule has 17 heavy (non-hydrogen) atoms. The maximum absolute atomic E-state index is 10.7. The molecule has 4 heteroatoms. The van der Waals surface area contributed by atoms with Crippen LogP contribution in [-0.4, -0.2) is 33.5 Å². The predicted molar refractivity (Wildman–Crippen MR) is 65.8 cm³/mol. The van der Waals surface area contributed by atoms with E-state index in [-0.39, 0.29) is 6.10 Å². The molecular weight excluding hydrogens is 216 g/mol. The van der Waals surface area contributed by atoms with E-state index >= 15 is 0 Å². The first-order chi connectivity index (χ1) is 8.19. The zero-order valence-corrected chi connectivity index (χ0v) is 10.7. The molecule has 0 aliphatic heterocycles. The van der Waals surface area contributed by atoms with Crippen LogP contribution in [0.15, 0.2) is 12.4 Å². The number of aromatic nitrogens is 2. The quantitative estimate of drug-likeness (QED) is 0.869. The lowest BCUT2D eigenvalue weighted by molar-refractivity contribution is -0.117. The average Bonchev–Trinajstić information content (AvgIpc) is 2.76. The van der Waals surface area contributed by atoms with Gasteiger partial charge in [0.1, 0.15) is 5.82 Å². The molecule has 4 nitrogen and oxygen atoms in total. The van der Waals surface area contributed by atoms with Gasteiger partial charge in [-0.05, 0) is 19.8 Å². The maximum Gasteiger partial charge on any atom is 0.111 e. The van der Waals surface area contributed by atoms with Gasteiger partial charge in [-0.25, -0.2) is 4.98 Å². The molecule has 96 valence electrons. The molecule has 1 saturated carbocycles. The van der Waals surface area contributed by atoms with Crippen LogP contribution >= 0.6 is 0 Å². The molecule has 1 aromatic rings. The third-order valence-corrected chi connectivity index (χ3v) is 3.82. The summed E-state index contributed by atoms with van der Waals surface area (Å²) in [7, 11) is 1.69. The number of nitrogens with zero attached hydrogens (tertiary/aromatic N) is 2. The van der Waals surface area contributed by atoms with Crippen molar-refractivity contribution in [1.82, 2.24) is 9.55 Å². The predicted octanol–water partition coefficient (Wildman–Crippen LogP) is 1.77. The van der Waals surface area contributed by atoms with E-state index in [0.29, 0.717) is 6.42 Å². The fourth-order valence-electron chi connectivity index (χ4n) is 2.80. The lowest BCUT2D eigenvalue weighted by atomic mass is 9.79. The highest BCUT2D eigenvalue weighted by Crippen LogP contribution is 2.33. The molecule has 0 spiro atoms. The zero-order valence-electron chi connectivity index (χ0n) is 10.7. The topological polar surface area (TPSA) is 47.3 Å². The van der Waals surface area contributed by atoms with Crippen LogP contribution in [0.5, 0.6) is 0 Å². The summed E-state index contributed by atoms with van der Waals surface area (Å²) in [5.74, 6) is 0.957.